The van der Waals surface area contributed by atoms with Crippen LogP contribution >= 0.6 is 30.3 Å². The van der Waals surface area contributed by atoms with Crippen molar-refractivity contribution in [2.45, 2.75) is 0 Å². The number of nitrogens with one attached hydrogen (secondary N) is 2. The summed E-state index contributed by atoms with van der Waals surface area (Å²) in [5.74, 6) is -0.376. The fourth-order valence-corrected chi connectivity index (χ4v) is 0.854. The summed E-state index contributed by atoms with van der Waals surface area (Å²) in [4.78, 5) is 10.0. The first kappa shape index (κ1) is 7.22. The van der Waals surface area contributed by atoms with Crippen LogP contribution in [-0.2, 0) is 4.79 Å². The minimum atomic E-state index is -0.376. The Labute approximate surface area is 57.5 Å². The summed E-state index contributed by atoms with van der Waals surface area (Å²) in [5, 5.41) is 6.36. The van der Waals surface area contributed by atoms with Crippen molar-refractivity contribution in [1.29, 1.82) is 5.41 Å². The van der Waals surface area contributed by atoms with Crippen LogP contribution in [0.4, 0.5) is 0 Å². The Balaban J connectivity index is 3.17. The number of amides is 1. The summed E-state index contributed by atoms with van der Waals surface area (Å²) in [6, 6.07) is 0. The third-order valence-electron chi connectivity index (χ3n) is 0.270. The first-order valence-electron chi connectivity index (χ1n) is 1.39. The second-order valence-corrected chi connectivity index (χ2v) is 2.37. The van der Waals surface area contributed by atoms with E-state index in [-0.39, 0.29) is 5.91 Å². The van der Waals surface area contributed by atoms with Crippen molar-refractivity contribution in [2.75, 3.05) is 0 Å². The fourth-order valence-electron chi connectivity index (χ4n) is 0.0675. The SMILES string of the molecule is N=CC(=O)NSI. The molecule has 0 bridgehead atoms. The number of carbonyl (C=O) groups excluding carboxylic acids is 1. The summed E-state index contributed by atoms with van der Waals surface area (Å²) in [5.41, 5.74) is 0. The van der Waals surface area contributed by atoms with Crippen molar-refractivity contribution in [2.24, 2.45) is 0 Å². The molecule has 0 aromatic heterocycles. The molecule has 0 aliphatic rings. The molecular formula is C2H3IN2OS. The van der Waals surface area contributed by atoms with E-state index in [2.05, 4.69) is 4.72 Å². The van der Waals surface area contributed by atoms with Crippen LogP contribution in [0.25, 0.3) is 0 Å². The van der Waals surface area contributed by atoms with Crippen molar-refractivity contribution >= 4 is 42.4 Å². The van der Waals surface area contributed by atoms with E-state index in [0.29, 0.717) is 0 Å². The standard InChI is InChI=1S/C2H3IN2OS/c3-7-5-2(6)1-4/h1,4H,(H,5,6). The van der Waals surface area contributed by atoms with Gasteiger partial charge < -0.3 is 5.41 Å². The molecule has 1 amide bonds. The third kappa shape index (κ3) is 4.07. The number of halogens is 1. The van der Waals surface area contributed by atoms with Gasteiger partial charge in [-0.15, -0.1) is 0 Å². The fraction of sp³-hybridized carbons (Fsp3) is 0. The molecule has 0 rings (SSSR count). The first-order chi connectivity index (χ1) is 3.31. The van der Waals surface area contributed by atoms with E-state index in [1.165, 1.54) is 0 Å². The highest BCUT2D eigenvalue weighted by Gasteiger charge is 1.87. The van der Waals surface area contributed by atoms with Crippen molar-refractivity contribution in [3.63, 3.8) is 0 Å². The lowest BCUT2D eigenvalue weighted by Gasteiger charge is -1.86. The highest BCUT2D eigenvalue weighted by Crippen LogP contribution is 2.02. The molecule has 0 unspecified atom stereocenters. The van der Waals surface area contributed by atoms with Gasteiger partial charge in [0.1, 0.15) is 0 Å². The highest BCUT2D eigenvalue weighted by atomic mass is 127. The summed E-state index contributed by atoms with van der Waals surface area (Å²) in [7, 11) is 1.15. The van der Waals surface area contributed by atoms with Gasteiger partial charge in [-0.05, 0) is 0 Å². The van der Waals surface area contributed by atoms with Crippen molar-refractivity contribution in [1.82, 2.24) is 4.72 Å². The van der Waals surface area contributed by atoms with Gasteiger partial charge in [-0.25, -0.2) is 0 Å². The topological polar surface area (TPSA) is 53.0 Å². The second-order valence-electron chi connectivity index (χ2n) is 0.688. The van der Waals surface area contributed by atoms with Crippen LogP contribution in [0.5, 0.6) is 0 Å². The zero-order chi connectivity index (χ0) is 5.70. The van der Waals surface area contributed by atoms with E-state index in [9.17, 15) is 4.79 Å². The maximum absolute atomic E-state index is 10.0. The van der Waals surface area contributed by atoms with Crippen LogP contribution in [0.3, 0.4) is 0 Å². The Hall–Kier alpha value is 0.220. The summed E-state index contributed by atoms with van der Waals surface area (Å²) in [6.07, 6.45) is 0.728. The number of hydrogen-bond acceptors (Lipinski definition) is 3. The molecule has 0 aliphatic carbocycles. The van der Waals surface area contributed by atoms with Crippen LogP contribution < -0.4 is 4.72 Å². The normalized spacial score (nSPS) is 7.57. The molecule has 0 radical (unpaired) electrons. The van der Waals surface area contributed by atoms with Gasteiger partial charge >= 0.3 is 0 Å². The van der Waals surface area contributed by atoms with Crippen LogP contribution in [-0.4, -0.2) is 12.1 Å². The molecule has 2 N–H and O–H groups in total. The molecule has 0 fully saturated rings. The maximum Gasteiger partial charge on any atom is 0.272 e. The van der Waals surface area contributed by atoms with Gasteiger partial charge in [0.2, 0.25) is 0 Å². The van der Waals surface area contributed by atoms with Crippen LogP contribution in [0.15, 0.2) is 0 Å². The molecule has 40 valence electrons. The van der Waals surface area contributed by atoms with Crippen LogP contribution in [0, 0.1) is 5.41 Å². The lowest BCUT2D eigenvalue weighted by Crippen LogP contribution is -2.13. The molecule has 0 heterocycles. The van der Waals surface area contributed by atoms with Gasteiger partial charge in [0.15, 0.2) is 0 Å². The first-order valence-corrected chi connectivity index (χ1v) is 4.75. The van der Waals surface area contributed by atoms with Crippen molar-refractivity contribution in [3.05, 3.63) is 0 Å². The average Bonchev–Trinajstić information content (AvgIpc) is 1.68. The van der Waals surface area contributed by atoms with E-state index < -0.39 is 0 Å². The van der Waals surface area contributed by atoms with Crippen molar-refractivity contribution in [3.8, 4) is 0 Å². The summed E-state index contributed by atoms with van der Waals surface area (Å²) < 4.78 is 2.32. The molecule has 3 nitrogen and oxygen atoms in total. The number of hydrogen-bond donors (Lipinski definition) is 2. The lowest BCUT2D eigenvalue weighted by molar-refractivity contribution is -0.112. The predicted molar refractivity (Wildman–Crippen MR) is 38.5 cm³/mol. The van der Waals surface area contributed by atoms with Crippen LogP contribution in [0.1, 0.15) is 0 Å². The van der Waals surface area contributed by atoms with E-state index in [4.69, 9.17) is 5.41 Å². The lowest BCUT2D eigenvalue weighted by atomic mass is 10.7. The van der Waals surface area contributed by atoms with Gasteiger partial charge in [0.05, 0.1) is 6.21 Å². The number of carbonyl (C=O) groups is 1. The molecule has 0 aromatic carbocycles. The van der Waals surface area contributed by atoms with E-state index in [1.807, 2.05) is 21.2 Å². The Morgan fingerprint density at radius 1 is 2.00 bits per heavy atom. The minimum Gasteiger partial charge on any atom is -0.303 e. The van der Waals surface area contributed by atoms with Crippen LogP contribution in [0.2, 0.25) is 0 Å². The molecule has 0 spiro atoms. The van der Waals surface area contributed by atoms with Gasteiger partial charge in [0.25, 0.3) is 5.91 Å². The molecule has 0 aromatic rings. The Bertz CT molecular complexity index is 85.8. The molecule has 0 aliphatic heterocycles. The average molecular weight is 230 g/mol. The Morgan fingerprint density at radius 3 is 2.71 bits per heavy atom. The number of rotatable bonds is 2. The monoisotopic (exact) mass is 230 g/mol. The zero-order valence-electron chi connectivity index (χ0n) is 3.27. The largest absolute Gasteiger partial charge is 0.303 e. The third-order valence-corrected chi connectivity index (χ3v) is 1.21. The van der Waals surface area contributed by atoms with Gasteiger partial charge in [-0.1, -0.05) is 0 Å². The maximum atomic E-state index is 10.0. The van der Waals surface area contributed by atoms with E-state index in [0.717, 1.165) is 15.3 Å². The highest BCUT2D eigenvalue weighted by molar-refractivity contribution is 14.2. The Kier molecular flexibility index (Phi) is 4.52. The van der Waals surface area contributed by atoms with E-state index in [1.54, 1.807) is 0 Å². The molecule has 0 saturated carbocycles. The molecule has 5 heteroatoms. The smallest absolute Gasteiger partial charge is 0.272 e. The van der Waals surface area contributed by atoms with Crippen molar-refractivity contribution < 1.29 is 4.79 Å². The Morgan fingerprint density at radius 2 is 2.57 bits per heavy atom. The quantitative estimate of drug-likeness (QED) is 0.417. The molecule has 0 saturated heterocycles. The van der Waals surface area contributed by atoms with Gasteiger partial charge in [-0.3, -0.25) is 9.52 Å². The predicted octanol–water partition coefficient (Wildman–Crippen LogP) is 0.750. The van der Waals surface area contributed by atoms with Gasteiger partial charge in [0, 0.05) is 30.3 Å². The molecule has 7 heavy (non-hydrogen) atoms. The summed E-state index contributed by atoms with van der Waals surface area (Å²) >= 11 is 1.91. The zero-order valence-corrected chi connectivity index (χ0v) is 6.25. The molecule has 0 atom stereocenters. The minimum absolute atomic E-state index is 0.376. The summed E-state index contributed by atoms with van der Waals surface area (Å²) in [6.45, 7) is 0. The second kappa shape index (κ2) is 4.38. The van der Waals surface area contributed by atoms with E-state index >= 15 is 0 Å². The van der Waals surface area contributed by atoms with Gasteiger partial charge in [-0.2, -0.15) is 0 Å². The molecular weight excluding hydrogens is 227 g/mol.